The molecule has 3 N–H and O–H groups in total. The molecule has 1 aliphatic heterocycles. The maximum Gasteiger partial charge on any atom is 0.163 e. The lowest BCUT2D eigenvalue weighted by atomic mass is 10.2. The van der Waals surface area contributed by atoms with Gasteiger partial charge in [0.1, 0.15) is 13.2 Å². The maximum absolute atomic E-state index is 5.97. The number of anilines is 3. The van der Waals surface area contributed by atoms with E-state index in [0.29, 0.717) is 30.4 Å². The summed E-state index contributed by atoms with van der Waals surface area (Å²) in [6, 6.07) is 3.62. The summed E-state index contributed by atoms with van der Waals surface area (Å²) in [6.07, 6.45) is 3.60. The molecule has 0 unspecified atom stereocenters. The number of nitrogens with two attached hydrogens (primary N) is 1. The van der Waals surface area contributed by atoms with Crippen molar-refractivity contribution in [3.05, 3.63) is 24.5 Å². The molecule has 18 heavy (non-hydrogen) atoms. The maximum atomic E-state index is 5.97. The number of nitrogen functional groups attached to an aromatic ring is 1. The van der Waals surface area contributed by atoms with Gasteiger partial charge >= 0.3 is 0 Å². The van der Waals surface area contributed by atoms with Crippen LogP contribution in [-0.2, 0) is 7.05 Å². The minimum Gasteiger partial charge on any atom is -0.486 e. The molecule has 0 radical (unpaired) electrons. The van der Waals surface area contributed by atoms with Crippen molar-refractivity contribution in [2.75, 3.05) is 24.3 Å². The SMILES string of the molecule is Cn1cc(Nc2cc3c(cc2N)OCCO3)cn1. The molecule has 0 bridgehead atoms. The van der Waals surface area contributed by atoms with Crippen LogP contribution in [0.15, 0.2) is 24.5 Å². The first-order chi connectivity index (χ1) is 8.72. The smallest absolute Gasteiger partial charge is 0.163 e. The van der Waals surface area contributed by atoms with E-state index >= 15 is 0 Å². The molecule has 0 spiro atoms. The van der Waals surface area contributed by atoms with Crippen molar-refractivity contribution < 1.29 is 9.47 Å². The molecule has 0 amide bonds. The van der Waals surface area contributed by atoms with Gasteiger partial charge in [0.25, 0.3) is 0 Å². The second-order valence-electron chi connectivity index (χ2n) is 4.11. The van der Waals surface area contributed by atoms with E-state index in [-0.39, 0.29) is 0 Å². The molecule has 0 fully saturated rings. The molecule has 2 aromatic rings. The van der Waals surface area contributed by atoms with Crippen molar-refractivity contribution in [2.24, 2.45) is 7.05 Å². The molecule has 6 nitrogen and oxygen atoms in total. The van der Waals surface area contributed by atoms with E-state index in [4.69, 9.17) is 15.2 Å². The predicted molar refractivity (Wildman–Crippen MR) is 68.3 cm³/mol. The van der Waals surface area contributed by atoms with E-state index < -0.39 is 0 Å². The quantitative estimate of drug-likeness (QED) is 0.786. The lowest BCUT2D eigenvalue weighted by Gasteiger charge is -2.20. The number of ether oxygens (including phenoxy) is 2. The summed E-state index contributed by atoms with van der Waals surface area (Å²) in [6.45, 7) is 1.12. The summed E-state index contributed by atoms with van der Waals surface area (Å²) in [5.41, 5.74) is 8.25. The third-order valence-electron chi connectivity index (χ3n) is 2.70. The number of nitrogens with zero attached hydrogens (tertiary/aromatic N) is 2. The van der Waals surface area contributed by atoms with E-state index in [9.17, 15) is 0 Å². The van der Waals surface area contributed by atoms with Gasteiger partial charge in [-0.2, -0.15) is 5.10 Å². The van der Waals surface area contributed by atoms with Gasteiger partial charge in [0.2, 0.25) is 0 Å². The number of rotatable bonds is 2. The van der Waals surface area contributed by atoms with Crippen LogP contribution in [0.25, 0.3) is 0 Å². The summed E-state index contributed by atoms with van der Waals surface area (Å²) >= 11 is 0. The minimum absolute atomic E-state index is 0.557. The molecule has 1 aliphatic rings. The molecule has 6 heteroatoms. The van der Waals surface area contributed by atoms with E-state index in [1.54, 1.807) is 16.9 Å². The Morgan fingerprint density at radius 2 is 2.00 bits per heavy atom. The zero-order chi connectivity index (χ0) is 12.5. The van der Waals surface area contributed by atoms with Crippen LogP contribution in [0.2, 0.25) is 0 Å². The Hall–Kier alpha value is -2.37. The summed E-state index contributed by atoms with van der Waals surface area (Å²) in [5.74, 6) is 1.40. The standard InChI is InChI=1S/C12H14N4O2/c1-16-7-8(6-14-16)15-10-5-12-11(4-9(10)13)17-2-3-18-12/h4-7,15H,2-3,13H2,1H3. The van der Waals surface area contributed by atoms with Crippen molar-refractivity contribution in [3.63, 3.8) is 0 Å². The zero-order valence-electron chi connectivity index (χ0n) is 10.0. The fraction of sp³-hybridized carbons (Fsp3) is 0.250. The van der Waals surface area contributed by atoms with Gasteiger partial charge in [0, 0.05) is 25.4 Å². The first kappa shape index (κ1) is 10.8. The Kier molecular flexibility index (Phi) is 2.47. The van der Waals surface area contributed by atoms with Gasteiger partial charge in [-0.3, -0.25) is 4.68 Å². The predicted octanol–water partition coefficient (Wildman–Crippen LogP) is 1.52. The number of aromatic nitrogens is 2. The highest BCUT2D eigenvalue weighted by molar-refractivity contribution is 5.76. The highest BCUT2D eigenvalue weighted by Crippen LogP contribution is 2.37. The number of benzene rings is 1. The van der Waals surface area contributed by atoms with Gasteiger partial charge in [-0.05, 0) is 0 Å². The average molecular weight is 246 g/mol. The normalized spacial score (nSPS) is 13.4. The Labute approximate surface area is 104 Å². The van der Waals surface area contributed by atoms with E-state index in [2.05, 4.69) is 10.4 Å². The van der Waals surface area contributed by atoms with E-state index in [1.165, 1.54) is 0 Å². The van der Waals surface area contributed by atoms with Crippen molar-refractivity contribution in [3.8, 4) is 11.5 Å². The van der Waals surface area contributed by atoms with Crippen LogP contribution in [0, 0.1) is 0 Å². The van der Waals surface area contributed by atoms with Crippen LogP contribution in [0.3, 0.4) is 0 Å². The Morgan fingerprint density at radius 1 is 1.28 bits per heavy atom. The molecule has 0 atom stereocenters. The van der Waals surface area contributed by atoms with Gasteiger partial charge in [-0.1, -0.05) is 0 Å². The van der Waals surface area contributed by atoms with Gasteiger partial charge in [-0.25, -0.2) is 0 Å². The summed E-state index contributed by atoms with van der Waals surface area (Å²) in [5, 5.41) is 7.29. The molecule has 94 valence electrons. The molecular formula is C12H14N4O2. The van der Waals surface area contributed by atoms with Crippen molar-refractivity contribution >= 4 is 17.1 Å². The number of aryl methyl sites for hydroxylation is 1. The molecule has 2 heterocycles. The van der Waals surface area contributed by atoms with Crippen LogP contribution < -0.4 is 20.5 Å². The van der Waals surface area contributed by atoms with Gasteiger partial charge in [0.15, 0.2) is 11.5 Å². The second-order valence-corrected chi connectivity index (χ2v) is 4.11. The largest absolute Gasteiger partial charge is 0.486 e. The first-order valence-corrected chi connectivity index (χ1v) is 5.67. The van der Waals surface area contributed by atoms with Crippen molar-refractivity contribution in [1.29, 1.82) is 0 Å². The van der Waals surface area contributed by atoms with Crippen LogP contribution in [0.4, 0.5) is 17.1 Å². The second kappa shape index (κ2) is 4.14. The first-order valence-electron chi connectivity index (χ1n) is 5.67. The van der Waals surface area contributed by atoms with Crippen molar-refractivity contribution in [2.45, 2.75) is 0 Å². The molecule has 0 saturated carbocycles. The summed E-state index contributed by atoms with van der Waals surface area (Å²) in [4.78, 5) is 0. The number of fused-ring (bicyclic) bond motifs is 1. The third-order valence-corrected chi connectivity index (χ3v) is 2.70. The van der Waals surface area contributed by atoms with E-state index in [1.807, 2.05) is 19.3 Å². The third kappa shape index (κ3) is 1.92. The Bertz CT molecular complexity index is 579. The van der Waals surface area contributed by atoms with Gasteiger partial charge in [0.05, 0.1) is 23.3 Å². The zero-order valence-corrected chi connectivity index (χ0v) is 10.0. The van der Waals surface area contributed by atoms with Crippen molar-refractivity contribution in [1.82, 2.24) is 9.78 Å². The molecule has 0 aliphatic carbocycles. The Balaban J connectivity index is 1.92. The highest BCUT2D eigenvalue weighted by atomic mass is 16.6. The van der Waals surface area contributed by atoms with Crippen LogP contribution in [-0.4, -0.2) is 23.0 Å². The Morgan fingerprint density at radius 3 is 2.67 bits per heavy atom. The van der Waals surface area contributed by atoms with Crippen LogP contribution in [0.5, 0.6) is 11.5 Å². The fourth-order valence-electron chi connectivity index (χ4n) is 1.85. The monoisotopic (exact) mass is 246 g/mol. The topological polar surface area (TPSA) is 74.3 Å². The van der Waals surface area contributed by atoms with Crippen LogP contribution in [0.1, 0.15) is 0 Å². The summed E-state index contributed by atoms with van der Waals surface area (Å²) in [7, 11) is 1.86. The fourth-order valence-corrected chi connectivity index (χ4v) is 1.85. The molecule has 1 aromatic carbocycles. The molecule has 1 aromatic heterocycles. The summed E-state index contributed by atoms with van der Waals surface area (Å²) < 4.78 is 12.7. The lowest BCUT2D eigenvalue weighted by Crippen LogP contribution is -2.15. The average Bonchev–Trinajstić information content (AvgIpc) is 2.76. The molecular weight excluding hydrogens is 232 g/mol. The number of hydrogen-bond acceptors (Lipinski definition) is 5. The highest BCUT2D eigenvalue weighted by Gasteiger charge is 2.14. The van der Waals surface area contributed by atoms with Gasteiger partial charge < -0.3 is 20.5 Å². The van der Waals surface area contributed by atoms with Crippen LogP contribution >= 0.6 is 0 Å². The number of nitrogens with one attached hydrogen (secondary N) is 1. The molecule has 0 saturated heterocycles. The molecule has 3 rings (SSSR count). The van der Waals surface area contributed by atoms with Gasteiger partial charge in [-0.15, -0.1) is 0 Å². The number of hydrogen-bond donors (Lipinski definition) is 2. The lowest BCUT2D eigenvalue weighted by molar-refractivity contribution is 0.172. The van der Waals surface area contributed by atoms with E-state index in [0.717, 1.165) is 11.4 Å². The minimum atomic E-state index is 0.557.